The minimum Gasteiger partial charge on any atom is -0.497 e. The fourth-order valence-corrected chi connectivity index (χ4v) is 3.90. The predicted molar refractivity (Wildman–Crippen MR) is 132 cm³/mol. The number of hydrogen-bond acceptors (Lipinski definition) is 5. The standard InChI is InChI=1S/C26H21BrN2O5/c1-16-7-3-6-10-22(16)29-25(31)20(24(30)28-26(29)32)13-17-11-12-19(33-2)14-23(17)34-15-18-8-4-5-9-21(18)27/h3-14H,15H2,1-2H3,(H,28,30,32)/b20-13+. The molecule has 1 heterocycles. The van der Waals surface area contributed by atoms with E-state index >= 15 is 0 Å². The van der Waals surface area contributed by atoms with Crippen molar-refractivity contribution in [2.24, 2.45) is 0 Å². The number of nitrogens with zero attached hydrogens (tertiary/aromatic N) is 1. The molecule has 0 radical (unpaired) electrons. The summed E-state index contributed by atoms with van der Waals surface area (Å²) in [6.07, 6.45) is 1.42. The number of rotatable bonds is 6. The van der Waals surface area contributed by atoms with Crippen LogP contribution in [0.4, 0.5) is 10.5 Å². The van der Waals surface area contributed by atoms with Gasteiger partial charge >= 0.3 is 6.03 Å². The lowest BCUT2D eigenvalue weighted by atomic mass is 10.0. The highest BCUT2D eigenvalue weighted by atomic mass is 79.9. The maximum Gasteiger partial charge on any atom is 0.335 e. The molecule has 0 aromatic heterocycles. The number of aryl methyl sites for hydroxylation is 1. The normalized spacial score (nSPS) is 14.9. The quantitative estimate of drug-likeness (QED) is 0.364. The zero-order chi connectivity index (χ0) is 24.2. The molecule has 34 heavy (non-hydrogen) atoms. The van der Waals surface area contributed by atoms with E-state index in [4.69, 9.17) is 9.47 Å². The molecule has 0 atom stereocenters. The average molecular weight is 521 g/mol. The highest BCUT2D eigenvalue weighted by Gasteiger charge is 2.37. The van der Waals surface area contributed by atoms with Gasteiger partial charge in [0.2, 0.25) is 0 Å². The van der Waals surface area contributed by atoms with Crippen LogP contribution < -0.4 is 19.7 Å². The number of methoxy groups -OCH3 is 1. The van der Waals surface area contributed by atoms with E-state index in [0.717, 1.165) is 20.5 Å². The average Bonchev–Trinajstić information content (AvgIpc) is 2.82. The molecule has 3 aromatic carbocycles. The van der Waals surface area contributed by atoms with Crippen LogP contribution in [0, 0.1) is 6.92 Å². The van der Waals surface area contributed by atoms with Gasteiger partial charge in [0.15, 0.2) is 0 Å². The smallest absolute Gasteiger partial charge is 0.335 e. The van der Waals surface area contributed by atoms with Crippen molar-refractivity contribution in [2.45, 2.75) is 13.5 Å². The van der Waals surface area contributed by atoms with Crippen molar-refractivity contribution in [3.63, 3.8) is 0 Å². The number of benzene rings is 3. The van der Waals surface area contributed by atoms with Gasteiger partial charge in [-0.25, -0.2) is 9.69 Å². The van der Waals surface area contributed by atoms with Crippen LogP contribution in [0.2, 0.25) is 0 Å². The number of barbiturate groups is 1. The second kappa shape index (κ2) is 9.93. The van der Waals surface area contributed by atoms with E-state index in [1.807, 2.05) is 24.3 Å². The third kappa shape index (κ3) is 4.72. The highest BCUT2D eigenvalue weighted by molar-refractivity contribution is 9.10. The minimum atomic E-state index is -0.790. The first-order valence-corrected chi connectivity index (χ1v) is 11.2. The van der Waals surface area contributed by atoms with Gasteiger partial charge < -0.3 is 9.47 Å². The summed E-state index contributed by atoms with van der Waals surface area (Å²) in [6.45, 7) is 2.03. The lowest BCUT2D eigenvalue weighted by molar-refractivity contribution is -0.122. The lowest BCUT2D eigenvalue weighted by Gasteiger charge is -2.27. The Bertz CT molecular complexity index is 1320. The zero-order valence-electron chi connectivity index (χ0n) is 18.5. The van der Waals surface area contributed by atoms with E-state index in [9.17, 15) is 14.4 Å². The number of urea groups is 1. The molecule has 0 bridgehead atoms. The molecule has 172 valence electrons. The maximum atomic E-state index is 13.3. The van der Waals surface area contributed by atoms with Crippen LogP contribution in [-0.2, 0) is 16.2 Å². The Kier molecular flexibility index (Phi) is 6.79. The SMILES string of the molecule is COc1ccc(/C=C2\C(=O)NC(=O)N(c3ccccc3C)C2=O)c(OCc2ccccc2Br)c1. The summed E-state index contributed by atoms with van der Waals surface area (Å²) in [5.74, 6) is -0.508. The fourth-order valence-electron chi connectivity index (χ4n) is 3.50. The van der Waals surface area contributed by atoms with Crippen LogP contribution in [0.3, 0.4) is 0 Å². The van der Waals surface area contributed by atoms with Gasteiger partial charge in [-0.2, -0.15) is 0 Å². The summed E-state index contributed by atoms with van der Waals surface area (Å²) < 4.78 is 12.2. The molecule has 3 aromatic rings. The van der Waals surface area contributed by atoms with Gasteiger partial charge in [0.25, 0.3) is 11.8 Å². The van der Waals surface area contributed by atoms with Gasteiger partial charge in [-0.15, -0.1) is 0 Å². The number of hydrogen-bond donors (Lipinski definition) is 1. The predicted octanol–water partition coefficient (Wildman–Crippen LogP) is 5.01. The van der Waals surface area contributed by atoms with Gasteiger partial charge in [0.1, 0.15) is 23.7 Å². The summed E-state index contributed by atoms with van der Waals surface area (Å²) in [4.78, 5) is 39.4. The van der Waals surface area contributed by atoms with Gasteiger partial charge in [0.05, 0.1) is 12.8 Å². The van der Waals surface area contributed by atoms with E-state index < -0.39 is 17.8 Å². The fraction of sp³-hybridized carbons (Fsp3) is 0.115. The van der Waals surface area contributed by atoms with Crippen LogP contribution in [0.5, 0.6) is 11.5 Å². The second-order valence-corrected chi connectivity index (χ2v) is 8.38. The highest BCUT2D eigenvalue weighted by Crippen LogP contribution is 2.30. The van der Waals surface area contributed by atoms with E-state index in [1.54, 1.807) is 49.4 Å². The van der Waals surface area contributed by atoms with Gasteiger partial charge in [-0.3, -0.25) is 14.9 Å². The summed E-state index contributed by atoms with van der Waals surface area (Å²) in [7, 11) is 1.54. The first-order chi connectivity index (χ1) is 16.4. The van der Waals surface area contributed by atoms with Crippen LogP contribution >= 0.6 is 15.9 Å². The molecule has 4 amide bonds. The maximum absolute atomic E-state index is 13.3. The van der Waals surface area contributed by atoms with Crippen molar-refractivity contribution in [3.8, 4) is 11.5 Å². The van der Waals surface area contributed by atoms with Crippen LogP contribution in [0.25, 0.3) is 6.08 Å². The molecule has 0 unspecified atom stereocenters. The molecule has 4 rings (SSSR count). The van der Waals surface area contributed by atoms with Gasteiger partial charge in [-0.1, -0.05) is 52.3 Å². The van der Waals surface area contributed by atoms with Crippen LogP contribution in [0.15, 0.2) is 76.8 Å². The molecular formula is C26H21BrN2O5. The number of anilines is 1. The van der Waals surface area contributed by atoms with Crippen LogP contribution in [0.1, 0.15) is 16.7 Å². The zero-order valence-corrected chi connectivity index (χ0v) is 20.1. The Hall–Kier alpha value is -3.91. The number of halogens is 1. The molecule has 0 spiro atoms. The summed E-state index contributed by atoms with van der Waals surface area (Å²) in [6, 6.07) is 18.9. The number of carbonyl (C=O) groups excluding carboxylic acids is 3. The van der Waals surface area contributed by atoms with Crippen LogP contribution in [-0.4, -0.2) is 25.0 Å². The minimum absolute atomic E-state index is 0.182. The van der Waals surface area contributed by atoms with Crippen molar-refractivity contribution >= 4 is 45.5 Å². The number of ether oxygens (including phenoxy) is 2. The first-order valence-electron chi connectivity index (χ1n) is 10.4. The third-order valence-corrected chi connectivity index (χ3v) is 6.09. The molecule has 7 nitrogen and oxygen atoms in total. The number of carbonyl (C=O) groups is 3. The molecule has 1 aliphatic heterocycles. The molecule has 8 heteroatoms. The number of para-hydroxylation sites is 1. The second-order valence-electron chi connectivity index (χ2n) is 7.53. The molecule has 1 fully saturated rings. The third-order valence-electron chi connectivity index (χ3n) is 5.32. The van der Waals surface area contributed by atoms with Crippen molar-refractivity contribution in [1.29, 1.82) is 0 Å². The summed E-state index contributed by atoms with van der Waals surface area (Å²) >= 11 is 3.50. The molecule has 1 aliphatic rings. The van der Waals surface area contributed by atoms with E-state index in [-0.39, 0.29) is 12.2 Å². The number of imide groups is 2. The van der Waals surface area contributed by atoms with E-state index in [0.29, 0.717) is 22.7 Å². The molecule has 0 aliphatic carbocycles. The number of amides is 4. The molecule has 0 saturated carbocycles. The van der Waals surface area contributed by atoms with E-state index in [2.05, 4.69) is 21.2 Å². The molecule has 1 saturated heterocycles. The molecular weight excluding hydrogens is 500 g/mol. The molecule has 1 N–H and O–H groups in total. The monoisotopic (exact) mass is 520 g/mol. The summed E-state index contributed by atoms with van der Waals surface area (Å²) in [5.41, 5.74) is 2.36. The Labute approximate surface area is 205 Å². The Morgan fingerprint density at radius 1 is 1.00 bits per heavy atom. The lowest BCUT2D eigenvalue weighted by Crippen LogP contribution is -2.54. The largest absolute Gasteiger partial charge is 0.497 e. The van der Waals surface area contributed by atoms with Crippen molar-refractivity contribution in [3.05, 3.63) is 93.5 Å². The topological polar surface area (TPSA) is 84.9 Å². The Morgan fingerprint density at radius 2 is 1.74 bits per heavy atom. The Balaban J connectivity index is 1.71. The summed E-state index contributed by atoms with van der Waals surface area (Å²) in [5, 5.41) is 2.25. The van der Waals surface area contributed by atoms with Gasteiger partial charge in [0, 0.05) is 21.7 Å². The van der Waals surface area contributed by atoms with Crippen molar-refractivity contribution < 1.29 is 23.9 Å². The van der Waals surface area contributed by atoms with Crippen molar-refractivity contribution in [2.75, 3.05) is 12.0 Å². The first kappa shape index (κ1) is 23.3. The van der Waals surface area contributed by atoms with Crippen molar-refractivity contribution in [1.82, 2.24) is 5.32 Å². The van der Waals surface area contributed by atoms with Gasteiger partial charge in [-0.05, 0) is 42.8 Å². The number of nitrogens with one attached hydrogen (secondary N) is 1. The van der Waals surface area contributed by atoms with E-state index in [1.165, 1.54) is 13.2 Å². The Morgan fingerprint density at radius 3 is 2.47 bits per heavy atom.